The number of amides is 2. The summed E-state index contributed by atoms with van der Waals surface area (Å²) in [5.41, 5.74) is 1.93. The van der Waals surface area contributed by atoms with Crippen molar-refractivity contribution < 1.29 is 9.90 Å². The fourth-order valence-electron chi connectivity index (χ4n) is 2.89. The highest BCUT2D eigenvalue weighted by Gasteiger charge is 2.22. The predicted molar refractivity (Wildman–Crippen MR) is 87.2 cm³/mol. The van der Waals surface area contributed by atoms with Gasteiger partial charge in [-0.1, -0.05) is 18.2 Å². The van der Waals surface area contributed by atoms with Gasteiger partial charge in [0, 0.05) is 24.8 Å². The van der Waals surface area contributed by atoms with Crippen molar-refractivity contribution in [1.82, 2.24) is 20.4 Å². The third kappa shape index (κ3) is 4.32. The summed E-state index contributed by atoms with van der Waals surface area (Å²) >= 11 is 0. The minimum absolute atomic E-state index is 0.182. The number of rotatable bonds is 5. The number of carbonyl (C=O) groups excluding carboxylic acids is 1. The summed E-state index contributed by atoms with van der Waals surface area (Å²) in [6.45, 7) is 1.05. The number of hydrogen-bond donors (Lipinski definition) is 3. The molecule has 3 rings (SSSR count). The Morgan fingerprint density at radius 2 is 2.09 bits per heavy atom. The van der Waals surface area contributed by atoms with Crippen LogP contribution in [-0.4, -0.2) is 33.6 Å². The Labute approximate surface area is 135 Å². The molecule has 0 saturated heterocycles. The number of urea groups is 1. The highest BCUT2D eigenvalue weighted by molar-refractivity contribution is 5.73. The number of hydrogen-bond acceptors (Lipinski definition) is 3. The van der Waals surface area contributed by atoms with Gasteiger partial charge in [0.2, 0.25) is 0 Å². The first-order chi connectivity index (χ1) is 11.2. The number of aromatic nitrogens is 2. The molecule has 1 aliphatic carbocycles. The van der Waals surface area contributed by atoms with Crippen LogP contribution in [-0.2, 0) is 6.54 Å². The smallest absolute Gasteiger partial charge is 0.315 e. The van der Waals surface area contributed by atoms with Gasteiger partial charge in [0.05, 0.1) is 18.0 Å². The number of nitrogens with one attached hydrogen (secondary N) is 2. The number of aliphatic hydroxyl groups excluding tert-OH is 1. The van der Waals surface area contributed by atoms with Gasteiger partial charge >= 0.3 is 6.03 Å². The van der Waals surface area contributed by atoms with E-state index in [9.17, 15) is 9.90 Å². The van der Waals surface area contributed by atoms with E-state index < -0.39 is 0 Å². The molecule has 2 aromatic rings. The second-order valence-electron chi connectivity index (χ2n) is 6.03. The highest BCUT2D eigenvalue weighted by Crippen LogP contribution is 2.24. The minimum Gasteiger partial charge on any atom is -0.393 e. The third-order valence-electron chi connectivity index (χ3n) is 4.17. The van der Waals surface area contributed by atoms with E-state index in [0.717, 1.165) is 30.5 Å². The van der Waals surface area contributed by atoms with Gasteiger partial charge in [0.15, 0.2) is 0 Å². The average molecular weight is 314 g/mol. The van der Waals surface area contributed by atoms with E-state index in [1.54, 1.807) is 10.9 Å². The maximum Gasteiger partial charge on any atom is 0.315 e. The molecule has 0 spiro atoms. The molecule has 0 unspecified atom stereocenters. The van der Waals surface area contributed by atoms with Crippen LogP contribution in [0.15, 0.2) is 42.7 Å². The first-order valence-electron chi connectivity index (χ1n) is 7.99. The Bertz CT molecular complexity index is 641. The molecule has 6 heteroatoms. The fraction of sp³-hybridized carbons (Fsp3) is 0.412. The van der Waals surface area contributed by atoms with E-state index in [1.807, 2.05) is 36.5 Å². The van der Waals surface area contributed by atoms with Gasteiger partial charge in [0.25, 0.3) is 0 Å². The summed E-state index contributed by atoms with van der Waals surface area (Å²) in [5, 5.41) is 19.5. The van der Waals surface area contributed by atoms with Crippen molar-refractivity contribution in [3.05, 3.63) is 48.3 Å². The number of carbonyl (C=O) groups is 1. The largest absolute Gasteiger partial charge is 0.393 e. The number of benzene rings is 1. The SMILES string of the molecule is O=C(NCc1cnn(-c2ccccc2)c1)NC[C@@H]1CC[C@H](O)C1. The maximum atomic E-state index is 11.8. The van der Waals surface area contributed by atoms with Gasteiger partial charge in [-0.15, -0.1) is 0 Å². The topological polar surface area (TPSA) is 79.2 Å². The fourth-order valence-corrected chi connectivity index (χ4v) is 2.89. The molecule has 0 bridgehead atoms. The predicted octanol–water partition coefficient (Wildman–Crippen LogP) is 1.83. The first kappa shape index (κ1) is 15.6. The van der Waals surface area contributed by atoms with Gasteiger partial charge in [0.1, 0.15) is 0 Å². The summed E-state index contributed by atoms with van der Waals surface area (Å²) in [4.78, 5) is 11.8. The van der Waals surface area contributed by atoms with E-state index in [-0.39, 0.29) is 12.1 Å². The lowest BCUT2D eigenvalue weighted by Crippen LogP contribution is -2.37. The molecule has 1 aromatic carbocycles. The van der Waals surface area contributed by atoms with Crippen molar-refractivity contribution in [2.24, 2.45) is 5.92 Å². The van der Waals surface area contributed by atoms with Crippen LogP contribution in [0.2, 0.25) is 0 Å². The van der Waals surface area contributed by atoms with E-state index in [0.29, 0.717) is 19.0 Å². The van der Waals surface area contributed by atoms with Crippen molar-refractivity contribution >= 4 is 6.03 Å². The maximum absolute atomic E-state index is 11.8. The summed E-state index contributed by atoms with van der Waals surface area (Å²) < 4.78 is 1.79. The van der Waals surface area contributed by atoms with Crippen LogP contribution in [0.3, 0.4) is 0 Å². The average Bonchev–Trinajstić information content (AvgIpc) is 3.21. The molecule has 3 N–H and O–H groups in total. The van der Waals surface area contributed by atoms with Gasteiger partial charge in [-0.3, -0.25) is 0 Å². The summed E-state index contributed by atoms with van der Waals surface area (Å²) in [6, 6.07) is 9.66. The zero-order valence-corrected chi connectivity index (χ0v) is 13.0. The zero-order chi connectivity index (χ0) is 16.1. The summed E-state index contributed by atoms with van der Waals surface area (Å²) in [6.07, 6.45) is 6.06. The standard InChI is InChI=1S/C17H22N4O2/c22-16-7-6-13(8-16)9-18-17(23)19-10-14-11-20-21(12-14)15-4-2-1-3-5-15/h1-5,11-13,16,22H,6-10H2,(H2,18,19,23)/t13-,16+/m1/s1. The second-order valence-corrected chi connectivity index (χ2v) is 6.03. The lowest BCUT2D eigenvalue weighted by molar-refractivity contribution is 0.177. The Balaban J connectivity index is 1.43. The van der Waals surface area contributed by atoms with Crippen molar-refractivity contribution in [2.75, 3.05) is 6.54 Å². The number of nitrogens with zero attached hydrogens (tertiary/aromatic N) is 2. The lowest BCUT2D eigenvalue weighted by atomic mass is 10.1. The van der Waals surface area contributed by atoms with E-state index >= 15 is 0 Å². The molecule has 6 nitrogen and oxygen atoms in total. The molecule has 23 heavy (non-hydrogen) atoms. The molecule has 122 valence electrons. The second kappa shape index (κ2) is 7.28. The molecule has 1 heterocycles. The van der Waals surface area contributed by atoms with Crippen LogP contribution in [0.25, 0.3) is 5.69 Å². The molecule has 1 aromatic heterocycles. The van der Waals surface area contributed by atoms with Gasteiger partial charge in [-0.2, -0.15) is 5.10 Å². The molecule has 1 saturated carbocycles. The Morgan fingerprint density at radius 3 is 2.83 bits per heavy atom. The highest BCUT2D eigenvalue weighted by atomic mass is 16.3. The normalized spacial score (nSPS) is 20.4. The van der Waals surface area contributed by atoms with Crippen LogP contribution in [0.4, 0.5) is 4.79 Å². The minimum atomic E-state index is -0.200. The quantitative estimate of drug-likeness (QED) is 0.788. The van der Waals surface area contributed by atoms with Crippen LogP contribution in [0.5, 0.6) is 0 Å². The van der Waals surface area contributed by atoms with Gasteiger partial charge < -0.3 is 15.7 Å². The molecular formula is C17H22N4O2. The van der Waals surface area contributed by atoms with Crippen molar-refractivity contribution in [1.29, 1.82) is 0 Å². The van der Waals surface area contributed by atoms with Crippen molar-refractivity contribution in [3.63, 3.8) is 0 Å². The van der Waals surface area contributed by atoms with Crippen LogP contribution < -0.4 is 10.6 Å². The van der Waals surface area contributed by atoms with Crippen molar-refractivity contribution in [3.8, 4) is 5.69 Å². The summed E-state index contributed by atoms with van der Waals surface area (Å²) in [7, 11) is 0. The van der Waals surface area contributed by atoms with Crippen LogP contribution in [0, 0.1) is 5.92 Å². The van der Waals surface area contributed by atoms with E-state index in [4.69, 9.17) is 0 Å². The Hall–Kier alpha value is -2.34. The third-order valence-corrected chi connectivity index (χ3v) is 4.17. The molecule has 0 radical (unpaired) electrons. The van der Waals surface area contributed by atoms with Crippen molar-refractivity contribution in [2.45, 2.75) is 31.9 Å². The van der Waals surface area contributed by atoms with E-state index in [1.165, 1.54) is 0 Å². The molecule has 1 aliphatic rings. The molecule has 0 aliphatic heterocycles. The number of aliphatic hydroxyl groups is 1. The molecule has 1 fully saturated rings. The Morgan fingerprint density at radius 1 is 1.26 bits per heavy atom. The van der Waals surface area contributed by atoms with Crippen LogP contribution in [0.1, 0.15) is 24.8 Å². The summed E-state index contributed by atoms with van der Waals surface area (Å²) in [5.74, 6) is 0.386. The molecule has 2 amide bonds. The Kier molecular flexibility index (Phi) is 4.92. The molecular weight excluding hydrogens is 292 g/mol. The van der Waals surface area contributed by atoms with Gasteiger partial charge in [-0.25, -0.2) is 9.48 Å². The van der Waals surface area contributed by atoms with E-state index in [2.05, 4.69) is 15.7 Å². The first-order valence-corrected chi connectivity index (χ1v) is 7.99. The lowest BCUT2D eigenvalue weighted by Gasteiger charge is -2.11. The molecule has 2 atom stereocenters. The van der Waals surface area contributed by atoms with Crippen LogP contribution >= 0.6 is 0 Å². The monoisotopic (exact) mass is 314 g/mol. The number of para-hydroxylation sites is 1. The zero-order valence-electron chi connectivity index (χ0n) is 13.0. The van der Waals surface area contributed by atoms with Gasteiger partial charge in [-0.05, 0) is 37.3 Å².